The van der Waals surface area contributed by atoms with Gasteiger partial charge in [0.05, 0.1) is 17.7 Å². The molecule has 1 fully saturated rings. The van der Waals surface area contributed by atoms with Crippen LogP contribution in [-0.4, -0.2) is 22.7 Å². The predicted molar refractivity (Wildman–Crippen MR) is 65.8 cm³/mol. The molecule has 2 atom stereocenters. The molecule has 1 saturated carbocycles. The smallest absolute Gasteiger partial charge is 0.132 e. The maximum Gasteiger partial charge on any atom is 0.132 e. The first kappa shape index (κ1) is 12.2. The number of nitrogens with zero attached hydrogens (tertiary/aromatic N) is 2. The first-order chi connectivity index (χ1) is 8.19. The second kappa shape index (κ2) is 5.35. The monoisotopic (exact) mass is 251 g/mol. The molecule has 17 heavy (non-hydrogen) atoms. The van der Waals surface area contributed by atoms with Gasteiger partial charge in [-0.1, -0.05) is 18.0 Å². The number of aliphatic hydroxyl groups is 1. The quantitative estimate of drug-likeness (QED) is 0.808. The van der Waals surface area contributed by atoms with Gasteiger partial charge in [0, 0.05) is 12.5 Å². The molecule has 1 aromatic heterocycles. The van der Waals surface area contributed by atoms with Gasteiger partial charge in [0.2, 0.25) is 0 Å². The van der Waals surface area contributed by atoms with Crippen molar-refractivity contribution in [1.82, 2.24) is 4.98 Å². The van der Waals surface area contributed by atoms with Gasteiger partial charge < -0.3 is 10.4 Å². The van der Waals surface area contributed by atoms with E-state index in [0.29, 0.717) is 23.1 Å². The van der Waals surface area contributed by atoms with Gasteiger partial charge in [-0.25, -0.2) is 4.98 Å². The van der Waals surface area contributed by atoms with Crippen molar-refractivity contribution < 1.29 is 5.11 Å². The number of nitriles is 1. The van der Waals surface area contributed by atoms with E-state index in [4.69, 9.17) is 16.9 Å². The Morgan fingerprint density at radius 1 is 1.53 bits per heavy atom. The van der Waals surface area contributed by atoms with Gasteiger partial charge in [-0.05, 0) is 25.0 Å². The molecule has 2 rings (SSSR count). The molecule has 5 heteroatoms. The normalized spacial score (nSPS) is 23.4. The summed E-state index contributed by atoms with van der Waals surface area (Å²) in [7, 11) is 0. The summed E-state index contributed by atoms with van der Waals surface area (Å²) in [5.41, 5.74) is 0.486. The zero-order valence-electron chi connectivity index (χ0n) is 9.36. The molecule has 0 bridgehead atoms. The van der Waals surface area contributed by atoms with Gasteiger partial charge in [0.15, 0.2) is 0 Å². The maximum absolute atomic E-state index is 9.68. The van der Waals surface area contributed by atoms with Crippen LogP contribution in [0.3, 0.4) is 0 Å². The van der Waals surface area contributed by atoms with Crippen LogP contribution in [0, 0.1) is 17.2 Å². The molecule has 1 aliphatic carbocycles. The lowest BCUT2D eigenvalue weighted by Gasteiger charge is -2.15. The van der Waals surface area contributed by atoms with Crippen LogP contribution < -0.4 is 5.32 Å². The largest absolute Gasteiger partial charge is 0.393 e. The van der Waals surface area contributed by atoms with E-state index in [0.717, 1.165) is 19.3 Å². The molecular formula is C12H14ClN3O. The highest BCUT2D eigenvalue weighted by Gasteiger charge is 2.24. The van der Waals surface area contributed by atoms with Crippen molar-refractivity contribution in [2.24, 2.45) is 5.92 Å². The highest BCUT2D eigenvalue weighted by molar-refractivity contribution is 6.29. The fourth-order valence-electron chi connectivity index (χ4n) is 2.14. The Bertz CT molecular complexity index is 444. The minimum Gasteiger partial charge on any atom is -0.393 e. The molecule has 0 aromatic carbocycles. The first-order valence-corrected chi connectivity index (χ1v) is 6.06. The minimum atomic E-state index is -0.225. The number of pyridine rings is 1. The fourth-order valence-corrected chi connectivity index (χ4v) is 2.35. The Morgan fingerprint density at radius 3 is 3.00 bits per heavy atom. The third-order valence-corrected chi connectivity index (χ3v) is 3.28. The fraction of sp³-hybridized carbons (Fsp3) is 0.500. The van der Waals surface area contributed by atoms with Crippen LogP contribution in [0.2, 0.25) is 5.15 Å². The first-order valence-electron chi connectivity index (χ1n) is 5.68. The van der Waals surface area contributed by atoms with Crippen molar-refractivity contribution in [2.75, 3.05) is 11.9 Å². The average molecular weight is 252 g/mol. The Morgan fingerprint density at radius 2 is 2.35 bits per heavy atom. The number of halogens is 1. The molecule has 2 N–H and O–H groups in total. The van der Waals surface area contributed by atoms with Crippen LogP contribution in [-0.2, 0) is 0 Å². The Kier molecular flexibility index (Phi) is 3.82. The number of aromatic nitrogens is 1. The van der Waals surface area contributed by atoms with Crippen molar-refractivity contribution in [3.05, 3.63) is 22.8 Å². The van der Waals surface area contributed by atoms with Crippen LogP contribution in [0.5, 0.6) is 0 Å². The lowest BCUT2D eigenvalue weighted by molar-refractivity contribution is 0.138. The lowest BCUT2D eigenvalue weighted by atomic mass is 10.1. The number of hydrogen-bond acceptors (Lipinski definition) is 4. The van der Waals surface area contributed by atoms with Crippen molar-refractivity contribution in [3.8, 4) is 6.07 Å². The maximum atomic E-state index is 9.68. The Hall–Kier alpha value is -1.31. The number of hydrogen-bond donors (Lipinski definition) is 2. The Balaban J connectivity index is 1.99. The average Bonchev–Trinajstić information content (AvgIpc) is 2.71. The predicted octanol–water partition coefficient (Wildman–Crippen LogP) is 2.18. The van der Waals surface area contributed by atoms with E-state index in [9.17, 15) is 5.11 Å². The third kappa shape index (κ3) is 3.09. The van der Waals surface area contributed by atoms with Gasteiger partial charge in [-0.3, -0.25) is 0 Å². The zero-order valence-corrected chi connectivity index (χ0v) is 10.1. The minimum absolute atomic E-state index is 0.225. The van der Waals surface area contributed by atoms with Crippen LogP contribution in [0.4, 0.5) is 5.82 Å². The zero-order chi connectivity index (χ0) is 12.3. The molecule has 1 aromatic rings. The van der Waals surface area contributed by atoms with Crippen LogP contribution in [0.25, 0.3) is 0 Å². The molecule has 0 saturated heterocycles. The third-order valence-electron chi connectivity index (χ3n) is 3.09. The van der Waals surface area contributed by atoms with Gasteiger partial charge >= 0.3 is 0 Å². The topological polar surface area (TPSA) is 68.9 Å². The van der Waals surface area contributed by atoms with E-state index in [1.807, 2.05) is 6.07 Å². The molecule has 2 unspecified atom stereocenters. The van der Waals surface area contributed by atoms with Crippen molar-refractivity contribution in [3.63, 3.8) is 0 Å². The van der Waals surface area contributed by atoms with Crippen molar-refractivity contribution >= 4 is 17.4 Å². The standard InChI is InChI=1S/C12H14ClN3O/c13-11-4-8(6-14)5-12(16-11)15-7-9-2-1-3-10(9)17/h4-5,9-10,17H,1-3,7H2,(H,15,16). The SMILES string of the molecule is N#Cc1cc(Cl)nc(NCC2CCCC2O)c1. The summed E-state index contributed by atoms with van der Waals surface area (Å²) in [6.07, 6.45) is 2.75. The van der Waals surface area contributed by atoms with E-state index in [-0.39, 0.29) is 12.0 Å². The van der Waals surface area contributed by atoms with E-state index >= 15 is 0 Å². The van der Waals surface area contributed by atoms with Gasteiger partial charge in [0.1, 0.15) is 11.0 Å². The molecule has 90 valence electrons. The second-order valence-corrected chi connectivity index (χ2v) is 4.70. The van der Waals surface area contributed by atoms with Crippen molar-refractivity contribution in [1.29, 1.82) is 5.26 Å². The lowest BCUT2D eigenvalue weighted by Crippen LogP contribution is -2.22. The number of anilines is 1. The highest BCUT2D eigenvalue weighted by Crippen LogP contribution is 2.25. The molecule has 0 radical (unpaired) electrons. The van der Waals surface area contributed by atoms with Crippen molar-refractivity contribution in [2.45, 2.75) is 25.4 Å². The summed E-state index contributed by atoms with van der Waals surface area (Å²) in [5, 5.41) is 21.9. The van der Waals surface area contributed by atoms with Crippen LogP contribution >= 0.6 is 11.6 Å². The number of nitrogens with one attached hydrogen (secondary N) is 1. The summed E-state index contributed by atoms with van der Waals surface area (Å²) in [6, 6.07) is 5.22. The van der Waals surface area contributed by atoms with Gasteiger partial charge in [-0.2, -0.15) is 5.26 Å². The summed E-state index contributed by atoms with van der Waals surface area (Å²) >= 11 is 5.80. The highest BCUT2D eigenvalue weighted by atomic mass is 35.5. The van der Waals surface area contributed by atoms with E-state index in [2.05, 4.69) is 10.3 Å². The molecule has 4 nitrogen and oxygen atoms in total. The van der Waals surface area contributed by atoms with E-state index in [1.165, 1.54) is 6.07 Å². The number of aliphatic hydroxyl groups excluding tert-OH is 1. The molecular weight excluding hydrogens is 238 g/mol. The van der Waals surface area contributed by atoms with E-state index < -0.39 is 0 Å². The second-order valence-electron chi connectivity index (χ2n) is 4.31. The van der Waals surface area contributed by atoms with Crippen LogP contribution in [0.15, 0.2) is 12.1 Å². The van der Waals surface area contributed by atoms with Gasteiger partial charge in [-0.15, -0.1) is 0 Å². The van der Waals surface area contributed by atoms with Gasteiger partial charge in [0.25, 0.3) is 0 Å². The summed E-state index contributed by atoms with van der Waals surface area (Å²) < 4.78 is 0. The molecule has 0 amide bonds. The van der Waals surface area contributed by atoms with E-state index in [1.54, 1.807) is 6.07 Å². The molecule has 0 spiro atoms. The van der Waals surface area contributed by atoms with Crippen LogP contribution in [0.1, 0.15) is 24.8 Å². The molecule has 1 heterocycles. The molecule has 1 aliphatic rings. The Labute approximate surface area is 105 Å². The summed E-state index contributed by atoms with van der Waals surface area (Å²) in [6.45, 7) is 0.666. The summed E-state index contributed by atoms with van der Waals surface area (Å²) in [4.78, 5) is 4.09. The molecule has 0 aliphatic heterocycles. The number of rotatable bonds is 3. The summed E-state index contributed by atoms with van der Waals surface area (Å²) in [5.74, 6) is 0.856.